The van der Waals surface area contributed by atoms with Crippen LogP contribution in [0, 0.1) is 0 Å². The van der Waals surface area contributed by atoms with E-state index in [2.05, 4.69) is 46.1 Å². The summed E-state index contributed by atoms with van der Waals surface area (Å²) in [6, 6.07) is 3.88. The number of pyridine rings is 1. The van der Waals surface area contributed by atoms with Crippen molar-refractivity contribution in [3.8, 4) is 0 Å². The average molecular weight is 273 g/mol. The Bertz CT molecular complexity index is 314. The largest absolute Gasteiger partial charge is 0.249 e. The first-order valence-electron chi connectivity index (χ1n) is 4.30. The Morgan fingerprint density at radius 2 is 2.14 bits per heavy atom. The van der Waals surface area contributed by atoms with Crippen molar-refractivity contribution >= 4 is 34.1 Å². The fourth-order valence-electron chi connectivity index (χ4n) is 0.709. The molecule has 0 fully saturated rings. The number of hydrogen-bond donors (Lipinski definition) is 0. The van der Waals surface area contributed by atoms with E-state index in [1.54, 1.807) is 18.1 Å². The van der Waals surface area contributed by atoms with Crippen LogP contribution in [0.1, 0.15) is 26.3 Å². The molecule has 0 spiro atoms. The minimum Gasteiger partial charge on any atom is -0.249 e. The van der Waals surface area contributed by atoms with Gasteiger partial charge in [0.05, 0.1) is 0 Å². The third-order valence-corrected chi connectivity index (χ3v) is 2.51. The van der Waals surface area contributed by atoms with E-state index in [4.69, 9.17) is 0 Å². The van der Waals surface area contributed by atoms with Crippen molar-refractivity contribution in [3.63, 3.8) is 0 Å². The van der Waals surface area contributed by atoms with E-state index in [9.17, 15) is 0 Å². The first-order chi connectivity index (χ1) is 6.47. The molecule has 0 N–H and O–H groups in total. The highest BCUT2D eigenvalue weighted by Gasteiger charge is 2.08. The monoisotopic (exact) mass is 272 g/mol. The molecular weight excluding hydrogens is 260 g/mol. The lowest BCUT2D eigenvalue weighted by molar-refractivity contribution is 0.804. The third-order valence-electron chi connectivity index (χ3n) is 1.28. The quantitative estimate of drug-likeness (QED) is 0.466. The smallest absolute Gasteiger partial charge is 0.106 e. The zero-order valence-electron chi connectivity index (χ0n) is 8.49. The van der Waals surface area contributed by atoms with Crippen LogP contribution in [0.2, 0.25) is 0 Å². The number of rotatable bonds is 2. The Hall–Kier alpha value is -0.350. The highest BCUT2D eigenvalue weighted by molar-refractivity contribution is 9.10. The summed E-state index contributed by atoms with van der Waals surface area (Å²) in [4.78, 5) is 4.11. The minimum atomic E-state index is 0.166. The number of hydrogen-bond acceptors (Lipinski definition) is 3. The first kappa shape index (κ1) is 11.7. The summed E-state index contributed by atoms with van der Waals surface area (Å²) in [5.74, 6) is 0. The van der Waals surface area contributed by atoms with E-state index in [1.165, 1.54) is 0 Å². The van der Waals surface area contributed by atoms with E-state index in [-0.39, 0.29) is 4.75 Å². The molecule has 0 saturated heterocycles. The van der Waals surface area contributed by atoms with Crippen LogP contribution < -0.4 is 0 Å². The van der Waals surface area contributed by atoms with Crippen LogP contribution in [0.25, 0.3) is 0 Å². The molecule has 1 aromatic heterocycles. The van der Waals surface area contributed by atoms with Crippen LogP contribution in [0.15, 0.2) is 27.3 Å². The summed E-state index contributed by atoms with van der Waals surface area (Å²) in [5.41, 5.74) is 1.02. The van der Waals surface area contributed by atoms with Crippen LogP contribution in [0.4, 0.5) is 0 Å². The zero-order valence-corrected chi connectivity index (χ0v) is 10.9. The second-order valence-corrected chi connectivity index (χ2v) is 6.28. The molecule has 0 aliphatic heterocycles. The molecular formula is C10H13BrN2S. The summed E-state index contributed by atoms with van der Waals surface area (Å²) in [6.45, 7) is 6.40. The lowest BCUT2D eigenvalue weighted by Crippen LogP contribution is -2.04. The summed E-state index contributed by atoms with van der Waals surface area (Å²) in [5, 5.41) is 0. The molecule has 2 nitrogen and oxygen atoms in total. The van der Waals surface area contributed by atoms with Gasteiger partial charge in [-0.05, 0) is 60.8 Å². The normalized spacial score (nSPS) is 12.3. The van der Waals surface area contributed by atoms with Crippen molar-refractivity contribution in [3.05, 3.63) is 28.5 Å². The SMILES string of the molecule is CC(C)(C)S/N=C/c1ccc(Br)nc1. The predicted octanol–water partition coefficient (Wildman–Crippen LogP) is 3.71. The van der Waals surface area contributed by atoms with Gasteiger partial charge in [0.1, 0.15) is 4.60 Å². The average Bonchev–Trinajstić information content (AvgIpc) is 2.06. The van der Waals surface area contributed by atoms with E-state index in [0.29, 0.717) is 0 Å². The van der Waals surface area contributed by atoms with Gasteiger partial charge in [-0.25, -0.2) is 9.38 Å². The lowest BCUT2D eigenvalue weighted by atomic mass is 10.3. The molecule has 14 heavy (non-hydrogen) atoms. The Morgan fingerprint density at radius 1 is 1.43 bits per heavy atom. The maximum absolute atomic E-state index is 4.28. The summed E-state index contributed by atoms with van der Waals surface area (Å²) < 4.78 is 5.29. The van der Waals surface area contributed by atoms with Crippen LogP contribution >= 0.6 is 27.9 Å². The summed E-state index contributed by atoms with van der Waals surface area (Å²) in [6.07, 6.45) is 3.62. The van der Waals surface area contributed by atoms with E-state index in [0.717, 1.165) is 10.2 Å². The second-order valence-electron chi connectivity index (χ2n) is 3.85. The zero-order chi connectivity index (χ0) is 10.6. The fraction of sp³-hybridized carbons (Fsp3) is 0.400. The molecule has 1 rings (SSSR count). The van der Waals surface area contributed by atoms with Gasteiger partial charge in [0.25, 0.3) is 0 Å². The first-order valence-corrected chi connectivity index (χ1v) is 5.87. The maximum Gasteiger partial charge on any atom is 0.106 e. The van der Waals surface area contributed by atoms with E-state index < -0.39 is 0 Å². The number of halogens is 1. The van der Waals surface area contributed by atoms with Gasteiger partial charge >= 0.3 is 0 Å². The molecule has 0 aromatic carbocycles. The topological polar surface area (TPSA) is 25.2 Å². The van der Waals surface area contributed by atoms with E-state index in [1.807, 2.05) is 18.3 Å². The van der Waals surface area contributed by atoms with Gasteiger partial charge in [-0.3, -0.25) is 0 Å². The van der Waals surface area contributed by atoms with Crippen molar-refractivity contribution in [1.29, 1.82) is 0 Å². The third kappa shape index (κ3) is 4.77. The van der Waals surface area contributed by atoms with Crippen LogP contribution in [-0.2, 0) is 0 Å². The van der Waals surface area contributed by atoms with Crippen molar-refractivity contribution in [1.82, 2.24) is 4.98 Å². The molecule has 1 heterocycles. The van der Waals surface area contributed by atoms with Gasteiger partial charge in [-0.1, -0.05) is 0 Å². The van der Waals surface area contributed by atoms with Gasteiger partial charge < -0.3 is 0 Å². The molecule has 0 saturated carbocycles. The molecule has 0 bridgehead atoms. The van der Waals surface area contributed by atoms with Crippen LogP contribution in [0.3, 0.4) is 0 Å². The minimum absolute atomic E-state index is 0.166. The highest BCUT2D eigenvalue weighted by Crippen LogP contribution is 2.23. The van der Waals surface area contributed by atoms with Gasteiger partial charge in [0.15, 0.2) is 0 Å². The molecule has 0 aliphatic carbocycles. The Kier molecular flexibility index (Phi) is 4.13. The van der Waals surface area contributed by atoms with Gasteiger partial charge in [0.2, 0.25) is 0 Å². The number of aromatic nitrogens is 1. The molecule has 1 aromatic rings. The molecule has 0 unspecified atom stereocenters. The summed E-state index contributed by atoms with van der Waals surface area (Å²) in [7, 11) is 0. The molecule has 76 valence electrons. The fourth-order valence-corrected chi connectivity index (χ4v) is 1.43. The molecule has 0 radical (unpaired) electrons. The standard InChI is InChI=1S/C10H13BrN2S/c1-10(2,3)14-13-7-8-4-5-9(11)12-6-8/h4-7H,1-3H3/b13-7+. The molecule has 0 aliphatic rings. The van der Waals surface area contributed by atoms with Gasteiger partial charge in [-0.15, -0.1) is 0 Å². The van der Waals surface area contributed by atoms with Crippen LogP contribution in [0.5, 0.6) is 0 Å². The van der Waals surface area contributed by atoms with Crippen molar-refractivity contribution in [2.24, 2.45) is 4.40 Å². The van der Waals surface area contributed by atoms with Crippen molar-refractivity contribution in [2.45, 2.75) is 25.5 Å². The van der Waals surface area contributed by atoms with Crippen molar-refractivity contribution < 1.29 is 0 Å². The van der Waals surface area contributed by atoms with Gasteiger partial charge in [-0.2, -0.15) is 0 Å². The van der Waals surface area contributed by atoms with Gasteiger partial charge in [0, 0.05) is 22.7 Å². The number of nitrogens with zero attached hydrogens (tertiary/aromatic N) is 2. The van der Waals surface area contributed by atoms with Crippen LogP contribution in [-0.4, -0.2) is 15.9 Å². The molecule has 0 amide bonds. The molecule has 0 atom stereocenters. The Balaban J connectivity index is 2.57. The second kappa shape index (κ2) is 4.94. The predicted molar refractivity (Wildman–Crippen MR) is 66.9 cm³/mol. The van der Waals surface area contributed by atoms with Crippen molar-refractivity contribution in [2.75, 3.05) is 0 Å². The molecule has 4 heteroatoms. The summed E-state index contributed by atoms with van der Waals surface area (Å²) >= 11 is 4.85. The maximum atomic E-state index is 4.28. The highest BCUT2D eigenvalue weighted by atomic mass is 79.9. The van der Waals surface area contributed by atoms with E-state index >= 15 is 0 Å². The Labute approximate surface area is 97.5 Å². The lowest BCUT2D eigenvalue weighted by Gasteiger charge is -2.11. The Morgan fingerprint density at radius 3 is 2.64 bits per heavy atom.